The Bertz CT molecular complexity index is 686. The average Bonchev–Trinajstić information content (AvgIpc) is 2.80. The first-order chi connectivity index (χ1) is 9.36. The van der Waals surface area contributed by atoms with Crippen LogP contribution in [0.1, 0.15) is 32.2 Å². The molecule has 2 aromatic rings. The standard InChI is InChI=1S/C15H21N5/c1-15(2,3)9-6-7-10-11(8-9)20-14(19-10)12(17-4)13(16)18-5/h6-8H,1-5H3,(H2,16,18)(H,19,20). The van der Waals surface area contributed by atoms with Crippen molar-refractivity contribution in [3.63, 3.8) is 0 Å². The second-order valence-corrected chi connectivity index (χ2v) is 5.75. The van der Waals surface area contributed by atoms with E-state index < -0.39 is 0 Å². The van der Waals surface area contributed by atoms with Gasteiger partial charge in [0, 0.05) is 14.1 Å². The summed E-state index contributed by atoms with van der Waals surface area (Å²) < 4.78 is 0. The van der Waals surface area contributed by atoms with Gasteiger partial charge in [-0.05, 0) is 23.1 Å². The first kappa shape index (κ1) is 14.2. The van der Waals surface area contributed by atoms with Gasteiger partial charge in [0.15, 0.2) is 5.82 Å². The molecule has 0 spiro atoms. The molecule has 0 bridgehead atoms. The Morgan fingerprint density at radius 1 is 1.20 bits per heavy atom. The van der Waals surface area contributed by atoms with Crippen LogP contribution in [-0.2, 0) is 5.41 Å². The molecule has 0 saturated heterocycles. The van der Waals surface area contributed by atoms with Crippen LogP contribution in [0.25, 0.3) is 11.0 Å². The summed E-state index contributed by atoms with van der Waals surface area (Å²) in [7, 11) is 3.32. The van der Waals surface area contributed by atoms with E-state index in [2.05, 4.69) is 52.9 Å². The van der Waals surface area contributed by atoms with Crippen LogP contribution in [0.15, 0.2) is 28.2 Å². The predicted octanol–water partition coefficient (Wildman–Crippen LogP) is 2.27. The number of rotatable bonds is 2. The molecule has 2 rings (SSSR count). The Balaban J connectivity index is 2.55. The van der Waals surface area contributed by atoms with Gasteiger partial charge in [-0.1, -0.05) is 26.8 Å². The van der Waals surface area contributed by atoms with Gasteiger partial charge in [-0.2, -0.15) is 0 Å². The molecule has 1 heterocycles. The number of H-pyrrole nitrogens is 1. The van der Waals surface area contributed by atoms with Crippen molar-refractivity contribution in [3.8, 4) is 0 Å². The number of nitrogens with two attached hydrogens (primary N) is 1. The van der Waals surface area contributed by atoms with Crippen LogP contribution in [0, 0.1) is 0 Å². The maximum Gasteiger partial charge on any atom is 0.160 e. The van der Waals surface area contributed by atoms with E-state index >= 15 is 0 Å². The lowest BCUT2D eigenvalue weighted by molar-refractivity contribution is 0.591. The summed E-state index contributed by atoms with van der Waals surface area (Å²) in [6.45, 7) is 6.56. The normalized spacial score (nSPS) is 14.1. The number of fused-ring (bicyclic) bond motifs is 1. The molecule has 20 heavy (non-hydrogen) atoms. The van der Waals surface area contributed by atoms with Gasteiger partial charge in [0.05, 0.1) is 11.0 Å². The number of benzene rings is 1. The molecule has 0 unspecified atom stereocenters. The summed E-state index contributed by atoms with van der Waals surface area (Å²) >= 11 is 0. The average molecular weight is 271 g/mol. The quantitative estimate of drug-likeness (QED) is 0.649. The Kier molecular flexibility index (Phi) is 3.61. The van der Waals surface area contributed by atoms with Crippen LogP contribution < -0.4 is 5.73 Å². The lowest BCUT2D eigenvalue weighted by atomic mass is 9.87. The SMILES string of the molecule is CN=C(N)C(=NC)c1nc2ccc(C(C)(C)C)cc2[nH]1. The largest absolute Gasteiger partial charge is 0.382 e. The fourth-order valence-corrected chi connectivity index (χ4v) is 2.04. The zero-order chi connectivity index (χ0) is 14.9. The van der Waals surface area contributed by atoms with Crippen molar-refractivity contribution in [2.75, 3.05) is 14.1 Å². The van der Waals surface area contributed by atoms with Crippen LogP contribution in [0.2, 0.25) is 0 Å². The first-order valence-corrected chi connectivity index (χ1v) is 6.57. The summed E-state index contributed by atoms with van der Waals surface area (Å²) in [6, 6.07) is 6.24. The van der Waals surface area contributed by atoms with Crippen molar-refractivity contribution >= 4 is 22.6 Å². The first-order valence-electron chi connectivity index (χ1n) is 6.57. The minimum Gasteiger partial charge on any atom is -0.382 e. The van der Waals surface area contributed by atoms with Gasteiger partial charge in [-0.15, -0.1) is 0 Å². The molecule has 0 saturated carbocycles. The molecular formula is C15H21N5. The van der Waals surface area contributed by atoms with Gasteiger partial charge in [-0.25, -0.2) is 4.98 Å². The number of aliphatic imine (C=N–C) groups is 2. The van der Waals surface area contributed by atoms with Gasteiger partial charge >= 0.3 is 0 Å². The maximum absolute atomic E-state index is 5.84. The lowest BCUT2D eigenvalue weighted by Gasteiger charge is -2.18. The molecule has 5 heteroatoms. The molecule has 0 aliphatic carbocycles. The van der Waals surface area contributed by atoms with Crippen molar-refractivity contribution in [1.29, 1.82) is 0 Å². The Labute approximate surface area is 119 Å². The zero-order valence-corrected chi connectivity index (χ0v) is 12.7. The van der Waals surface area contributed by atoms with Crippen molar-refractivity contribution < 1.29 is 0 Å². The number of hydrogen-bond donors (Lipinski definition) is 2. The highest BCUT2D eigenvalue weighted by Crippen LogP contribution is 2.25. The summed E-state index contributed by atoms with van der Waals surface area (Å²) in [4.78, 5) is 15.9. The molecular weight excluding hydrogens is 250 g/mol. The molecule has 0 amide bonds. The van der Waals surface area contributed by atoms with Crippen LogP contribution >= 0.6 is 0 Å². The molecule has 1 aromatic heterocycles. The number of aromatic amines is 1. The van der Waals surface area contributed by atoms with E-state index in [0.29, 0.717) is 17.4 Å². The Morgan fingerprint density at radius 2 is 1.90 bits per heavy atom. The van der Waals surface area contributed by atoms with Crippen LogP contribution in [0.4, 0.5) is 0 Å². The van der Waals surface area contributed by atoms with E-state index in [1.165, 1.54) is 5.56 Å². The Hall–Kier alpha value is -2.17. The second-order valence-electron chi connectivity index (χ2n) is 5.75. The predicted molar refractivity (Wildman–Crippen MR) is 84.8 cm³/mol. The molecule has 0 radical (unpaired) electrons. The van der Waals surface area contributed by atoms with E-state index in [9.17, 15) is 0 Å². The summed E-state index contributed by atoms with van der Waals surface area (Å²) in [6.07, 6.45) is 0. The van der Waals surface area contributed by atoms with Gasteiger partial charge in [0.1, 0.15) is 11.5 Å². The highest BCUT2D eigenvalue weighted by atomic mass is 15.0. The van der Waals surface area contributed by atoms with Crippen LogP contribution in [0.3, 0.4) is 0 Å². The van der Waals surface area contributed by atoms with Gasteiger partial charge < -0.3 is 10.7 Å². The molecule has 1 aromatic carbocycles. The number of nitrogens with zero attached hydrogens (tertiary/aromatic N) is 3. The highest BCUT2D eigenvalue weighted by molar-refractivity contribution is 6.46. The van der Waals surface area contributed by atoms with Crippen LogP contribution in [-0.4, -0.2) is 35.6 Å². The number of amidine groups is 1. The second kappa shape index (κ2) is 5.07. The molecule has 0 atom stereocenters. The monoisotopic (exact) mass is 271 g/mol. The minimum atomic E-state index is 0.102. The molecule has 0 aliphatic rings. The third kappa shape index (κ3) is 2.57. The minimum absolute atomic E-state index is 0.102. The van der Waals surface area contributed by atoms with Gasteiger partial charge in [0.25, 0.3) is 0 Å². The highest BCUT2D eigenvalue weighted by Gasteiger charge is 2.16. The number of aromatic nitrogens is 2. The van der Waals surface area contributed by atoms with Crippen molar-refractivity contribution in [3.05, 3.63) is 29.6 Å². The topological polar surface area (TPSA) is 79.4 Å². The van der Waals surface area contributed by atoms with E-state index in [4.69, 9.17) is 5.73 Å². The van der Waals surface area contributed by atoms with E-state index in [0.717, 1.165) is 11.0 Å². The van der Waals surface area contributed by atoms with Crippen molar-refractivity contribution in [2.24, 2.45) is 15.7 Å². The summed E-state index contributed by atoms with van der Waals surface area (Å²) in [5.74, 6) is 1.03. The van der Waals surface area contributed by atoms with E-state index in [1.54, 1.807) is 14.1 Å². The Morgan fingerprint density at radius 3 is 2.45 bits per heavy atom. The van der Waals surface area contributed by atoms with E-state index in [-0.39, 0.29) is 5.41 Å². The third-order valence-electron chi connectivity index (χ3n) is 3.28. The third-order valence-corrected chi connectivity index (χ3v) is 3.28. The fraction of sp³-hybridized carbons (Fsp3) is 0.400. The number of imidazole rings is 1. The molecule has 3 N–H and O–H groups in total. The fourth-order valence-electron chi connectivity index (χ4n) is 2.04. The van der Waals surface area contributed by atoms with Gasteiger partial charge in [0.2, 0.25) is 0 Å². The molecule has 0 aliphatic heterocycles. The zero-order valence-electron chi connectivity index (χ0n) is 12.7. The van der Waals surface area contributed by atoms with Gasteiger partial charge in [-0.3, -0.25) is 9.98 Å². The van der Waals surface area contributed by atoms with E-state index in [1.807, 2.05) is 6.07 Å². The summed E-state index contributed by atoms with van der Waals surface area (Å²) in [5.41, 5.74) is 9.67. The van der Waals surface area contributed by atoms with Crippen molar-refractivity contribution in [2.45, 2.75) is 26.2 Å². The molecule has 0 fully saturated rings. The van der Waals surface area contributed by atoms with Crippen molar-refractivity contribution in [1.82, 2.24) is 9.97 Å². The molecule has 106 valence electrons. The lowest BCUT2D eigenvalue weighted by Crippen LogP contribution is -2.25. The van der Waals surface area contributed by atoms with Crippen LogP contribution in [0.5, 0.6) is 0 Å². The smallest absolute Gasteiger partial charge is 0.160 e. The molecule has 5 nitrogen and oxygen atoms in total. The number of hydrogen-bond acceptors (Lipinski definition) is 3. The number of nitrogens with one attached hydrogen (secondary N) is 1. The maximum atomic E-state index is 5.84. The summed E-state index contributed by atoms with van der Waals surface area (Å²) in [5, 5.41) is 0.